The molecule has 2 N–H and O–H groups in total. The lowest BCUT2D eigenvalue weighted by Crippen LogP contribution is -2.31. The van der Waals surface area contributed by atoms with E-state index in [-0.39, 0.29) is 0 Å². The summed E-state index contributed by atoms with van der Waals surface area (Å²) in [6.07, 6.45) is 4.06. The molecule has 0 amide bonds. The molecule has 0 aliphatic rings. The second-order valence-corrected chi connectivity index (χ2v) is 5.21. The van der Waals surface area contributed by atoms with Crippen LogP contribution in [0.5, 0.6) is 0 Å². The predicted molar refractivity (Wildman–Crippen MR) is 82.2 cm³/mol. The summed E-state index contributed by atoms with van der Waals surface area (Å²) < 4.78 is 0. The maximum atomic E-state index is 8.84. The van der Waals surface area contributed by atoms with Gasteiger partial charge in [-0.3, -0.25) is 0 Å². The summed E-state index contributed by atoms with van der Waals surface area (Å²) in [4.78, 5) is 2.38. The Morgan fingerprint density at radius 2 is 2.05 bits per heavy atom. The van der Waals surface area contributed by atoms with Gasteiger partial charge in [-0.15, -0.1) is 0 Å². The highest BCUT2D eigenvalue weighted by atomic mass is 15.1. The molecule has 0 aliphatic carbocycles. The van der Waals surface area contributed by atoms with E-state index in [1.807, 2.05) is 6.07 Å². The number of benzene rings is 1. The van der Waals surface area contributed by atoms with E-state index in [2.05, 4.69) is 43.9 Å². The third kappa shape index (κ3) is 4.48. The summed E-state index contributed by atoms with van der Waals surface area (Å²) in [6.45, 7) is 7.67. The molecular formula is C16H25N3. The Balaban J connectivity index is 2.90. The lowest BCUT2D eigenvalue weighted by atomic mass is 10.1. The highest BCUT2D eigenvalue weighted by molar-refractivity contribution is 5.59. The van der Waals surface area contributed by atoms with E-state index in [9.17, 15) is 0 Å². The molecule has 0 unspecified atom stereocenters. The normalized spacial score (nSPS) is 10.5. The van der Waals surface area contributed by atoms with Gasteiger partial charge in [0.05, 0.1) is 12.5 Å². The van der Waals surface area contributed by atoms with Crippen molar-refractivity contribution >= 4 is 11.4 Å². The fourth-order valence-corrected chi connectivity index (χ4v) is 2.23. The van der Waals surface area contributed by atoms with Crippen LogP contribution in [0, 0.1) is 11.3 Å². The van der Waals surface area contributed by atoms with Crippen molar-refractivity contribution in [3.05, 3.63) is 23.8 Å². The molecule has 0 radical (unpaired) electrons. The molecule has 0 bridgehead atoms. The van der Waals surface area contributed by atoms with Crippen LogP contribution in [0.25, 0.3) is 0 Å². The fraction of sp³-hybridized carbons (Fsp3) is 0.562. The van der Waals surface area contributed by atoms with Crippen LogP contribution in [-0.4, -0.2) is 12.6 Å². The first kappa shape index (κ1) is 15.4. The fourth-order valence-electron chi connectivity index (χ4n) is 2.23. The number of nitrogen functional groups attached to an aromatic ring is 1. The third-order valence-electron chi connectivity index (χ3n) is 3.35. The average Bonchev–Trinajstić information content (AvgIpc) is 2.37. The van der Waals surface area contributed by atoms with Crippen molar-refractivity contribution in [1.29, 1.82) is 5.26 Å². The lowest BCUT2D eigenvalue weighted by molar-refractivity contribution is 0.626. The zero-order valence-corrected chi connectivity index (χ0v) is 12.3. The van der Waals surface area contributed by atoms with Gasteiger partial charge in [0.25, 0.3) is 0 Å². The van der Waals surface area contributed by atoms with Crippen molar-refractivity contribution in [2.24, 2.45) is 0 Å². The quantitative estimate of drug-likeness (QED) is 0.599. The van der Waals surface area contributed by atoms with Crippen molar-refractivity contribution in [2.75, 3.05) is 17.2 Å². The Bertz CT molecular complexity index is 432. The van der Waals surface area contributed by atoms with Gasteiger partial charge in [0, 0.05) is 24.0 Å². The molecule has 1 rings (SSSR count). The van der Waals surface area contributed by atoms with Crippen LogP contribution in [0.3, 0.4) is 0 Å². The summed E-state index contributed by atoms with van der Waals surface area (Å²) in [6, 6.07) is 8.66. The van der Waals surface area contributed by atoms with E-state index in [1.165, 1.54) is 24.9 Å². The van der Waals surface area contributed by atoms with E-state index in [4.69, 9.17) is 11.0 Å². The first-order chi connectivity index (χ1) is 9.10. The first-order valence-corrected chi connectivity index (χ1v) is 7.12. The highest BCUT2D eigenvalue weighted by Gasteiger charge is 2.11. The summed E-state index contributed by atoms with van der Waals surface area (Å²) in [5.74, 6) is 0. The highest BCUT2D eigenvalue weighted by Crippen LogP contribution is 2.24. The minimum Gasteiger partial charge on any atom is -0.398 e. The molecule has 104 valence electrons. The van der Waals surface area contributed by atoms with E-state index >= 15 is 0 Å². The van der Waals surface area contributed by atoms with Crippen molar-refractivity contribution in [1.82, 2.24) is 0 Å². The second-order valence-electron chi connectivity index (χ2n) is 5.21. The van der Waals surface area contributed by atoms with E-state index < -0.39 is 0 Å². The number of anilines is 2. The molecule has 0 saturated heterocycles. The third-order valence-corrected chi connectivity index (χ3v) is 3.35. The molecule has 0 saturated carbocycles. The maximum Gasteiger partial charge on any atom is 0.0670 e. The predicted octanol–water partition coefficient (Wildman–Crippen LogP) is 3.74. The number of hydrogen-bond acceptors (Lipinski definition) is 3. The summed E-state index contributed by atoms with van der Waals surface area (Å²) in [5.41, 5.74) is 8.72. The first-order valence-electron chi connectivity index (χ1n) is 7.12. The smallest absolute Gasteiger partial charge is 0.0670 e. The van der Waals surface area contributed by atoms with E-state index in [0.717, 1.165) is 12.1 Å². The average molecular weight is 259 g/mol. The summed E-state index contributed by atoms with van der Waals surface area (Å²) in [7, 11) is 0. The van der Waals surface area contributed by atoms with E-state index in [0.29, 0.717) is 18.2 Å². The van der Waals surface area contributed by atoms with E-state index in [1.54, 1.807) is 0 Å². The van der Waals surface area contributed by atoms with Crippen LogP contribution in [0.15, 0.2) is 18.2 Å². The molecule has 0 aliphatic heterocycles. The molecule has 0 spiro atoms. The van der Waals surface area contributed by atoms with Crippen LogP contribution in [0.1, 0.15) is 45.6 Å². The Morgan fingerprint density at radius 3 is 2.63 bits per heavy atom. The van der Waals surface area contributed by atoms with Crippen molar-refractivity contribution in [3.63, 3.8) is 0 Å². The van der Waals surface area contributed by atoms with Gasteiger partial charge in [-0.05, 0) is 44.0 Å². The Labute approximate surface area is 117 Å². The minimum absolute atomic E-state index is 0.376. The Kier molecular flexibility index (Phi) is 6.21. The van der Waals surface area contributed by atoms with Gasteiger partial charge in [-0.25, -0.2) is 0 Å². The zero-order chi connectivity index (χ0) is 14.3. The van der Waals surface area contributed by atoms with Gasteiger partial charge in [0.1, 0.15) is 0 Å². The summed E-state index contributed by atoms with van der Waals surface area (Å²) >= 11 is 0. The molecule has 0 heterocycles. The van der Waals surface area contributed by atoms with Crippen molar-refractivity contribution < 1.29 is 0 Å². The lowest BCUT2D eigenvalue weighted by Gasteiger charge is -2.29. The number of nitrogens with zero attached hydrogens (tertiary/aromatic N) is 2. The molecule has 3 nitrogen and oxygen atoms in total. The molecular weight excluding hydrogens is 234 g/mol. The summed E-state index contributed by atoms with van der Waals surface area (Å²) in [5, 5.41) is 8.84. The van der Waals surface area contributed by atoms with Crippen LogP contribution in [-0.2, 0) is 6.42 Å². The number of rotatable bonds is 7. The molecule has 19 heavy (non-hydrogen) atoms. The standard InChI is InChI=1S/C16H25N3/c1-4-5-6-11-19(13(2)3)15-7-8-16(18)14(12-15)9-10-17/h7-8,12-13H,4-6,9,11,18H2,1-3H3. The minimum atomic E-state index is 0.376. The second kappa shape index (κ2) is 7.68. The maximum absolute atomic E-state index is 8.84. The largest absolute Gasteiger partial charge is 0.398 e. The number of nitriles is 1. The van der Waals surface area contributed by atoms with Crippen LogP contribution < -0.4 is 10.6 Å². The van der Waals surface area contributed by atoms with Crippen molar-refractivity contribution in [3.8, 4) is 6.07 Å². The van der Waals surface area contributed by atoms with Gasteiger partial charge in [-0.2, -0.15) is 5.26 Å². The van der Waals surface area contributed by atoms with Gasteiger partial charge >= 0.3 is 0 Å². The van der Waals surface area contributed by atoms with Gasteiger partial charge in [0.2, 0.25) is 0 Å². The molecule has 0 fully saturated rings. The Hall–Kier alpha value is -1.69. The molecule has 3 heteroatoms. The van der Waals surface area contributed by atoms with Gasteiger partial charge in [0.15, 0.2) is 0 Å². The Morgan fingerprint density at radius 1 is 1.32 bits per heavy atom. The monoisotopic (exact) mass is 259 g/mol. The van der Waals surface area contributed by atoms with Crippen LogP contribution >= 0.6 is 0 Å². The van der Waals surface area contributed by atoms with Crippen molar-refractivity contribution in [2.45, 2.75) is 52.5 Å². The zero-order valence-electron chi connectivity index (χ0n) is 12.3. The molecule has 1 aromatic carbocycles. The topological polar surface area (TPSA) is 53.0 Å². The molecule has 0 aromatic heterocycles. The van der Waals surface area contributed by atoms with Gasteiger partial charge in [-0.1, -0.05) is 19.8 Å². The van der Waals surface area contributed by atoms with Crippen LogP contribution in [0.2, 0.25) is 0 Å². The number of nitrogens with two attached hydrogens (primary N) is 1. The molecule has 1 aromatic rings. The number of hydrogen-bond donors (Lipinski definition) is 1. The SMILES string of the molecule is CCCCCN(c1ccc(N)c(CC#N)c1)C(C)C. The van der Waals surface area contributed by atoms with Crippen LogP contribution in [0.4, 0.5) is 11.4 Å². The molecule has 0 atom stereocenters. The number of unbranched alkanes of at least 4 members (excludes halogenated alkanes) is 2. The van der Waals surface area contributed by atoms with Gasteiger partial charge < -0.3 is 10.6 Å².